The number of anilines is 3. The van der Waals surface area contributed by atoms with E-state index in [-0.39, 0.29) is 10.8 Å². The van der Waals surface area contributed by atoms with Gasteiger partial charge in [0.1, 0.15) is 0 Å². The van der Waals surface area contributed by atoms with Crippen LogP contribution in [0.4, 0.5) is 17.1 Å². The first-order valence-electron chi connectivity index (χ1n) is 21.4. The quantitative estimate of drug-likeness (QED) is 0.169. The van der Waals surface area contributed by atoms with Gasteiger partial charge in [0.25, 0.3) is 0 Å². The predicted octanol–water partition coefficient (Wildman–Crippen LogP) is 15.3. The Labute approximate surface area is 353 Å². The second-order valence-electron chi connectivity index (χ2n) is 18.0. The summed E-state index contributed by atoms with van der Waals surface area (Å²) >= 11 is 0. The maximum absolute atomic E-state index is 2.63. The van der Waals surface area contributed by atoms with Crippen molar-refractivity contribution in [2.24, 2.45) is 0 Å². The largest absolute Gasteiger partial charge is 0.309 e. The van der Waals surface area contributed by atoms with Crippen LogP contribution in [0.5, 0.6) is 0 Å². The number of benzene rings is 9. The fraction of sp³-hybridized carbons (Fsp3) is 0.119. The standard InChI is InChI=1S/C59H45N/c1-57(2)48-31-14-10-28-45(48)46-30-19-35-52(55(46)57)60(53-36-38-20-8-9-25-42(38)56-54(53)47-29-13-15-32-49(47)58(56,3)4)41-24-18-23-40(37-41)59(39-21-6-5-7-22-39)50-33-16-11-26-43(50)44-27-12-17-34-51(44)59/h5-37H,1-4H3. The molecule has 286 valence electrons. The molecule has 1 nitrogen and oxygen atoms in total. The summed E-state index contributed by atoms with van der Waals surface area (Å²) in [6.45, 7) is 9.65. The Bertz CT molecular complexity index is 3170. The van der Waals surface area contributed by atoms with Crippen molar-refractivity contribution in [3.63, 3.8) is 0 Å². The summed E-state index contributed by atoms with van der Waals surface area (Å²) in [6.07, 6.45) is 0. The van der Waals surface area contributed by atoms with E-state index < -0.39 is 5.41 Å². The lowest BCUT2D eigenvalue weighted by Gasteiger charge is -2.37. The highest BCUT2D eigenvalue weighted by Crippen LogP contribution is 2.61. The van der Waals surface area contributed by atoms with Crippen molar-refractivity contribution < 1.29 is 0 Å². The summed E-state index contributed by atoms with van der Waals surface area (Å²) in [5.41, 5.74) is 21.1. The minimum atomic E-state index is -0.524. The molecule has 12 rings (SSSR count). The maximum Gasteiger partial charge on any atom is 0.0714 e. The van der Waals surface area contributed by atoms with Crippen LogP contribution in [0.3, 0.4) is 0 Å². The van der Waals surface area contributed by atoms with Gasteiger partial charge in [-0.05, 0) is 107 Å². The van der Waals surface area contributed by atoms with Gasteiger partial charge >= 0.3 is 0 Å². The molecule has 0 amide bonds. The molecule has 1 heteroatoms. The molecule has 9 aromatic carbocycles. The highest BCUT2D eigenvalue weighted by Gasteiger charge is 2.47. The molecule has 0 saturated carbocycles. The zero-order valence-electron chi connectivity index (χ0n) is 34.5. The van der Waals surface area contributed by atoms with Gasteiger partial charge in [-0.15, -0.1) is 0 Å². The zero-order chi connectivity index (χ0) is 40.4. The van der Waals surface area contributed by atoms with Crippen molar-refractivity contribution >= 4 is 27.8 Å². The lowest BCUT2D eigenvalue weighted by atomic mass is 9.67. The zero-order valence-corrected chi connectivity index (χ0v) is 34.5. The number of hydrogen-bond donors (Lipinski definition) is 0. The molecule has 3 aliphatic carbocycles. The van der Waals surface area contributed by atoms with Crippen LogP contribution in [-0.4, -0.2) is 0 Å². The first-order chi connectivity index (χ1) is 29.3. The van der Waals surface area contributed by atoms with Gasteiger partial charge in [0.05, 0.1) is 16.8 Å². The maximum atomic E-state index is 2.63. The summed E-state index contributed by atoms with van der Waals surface area (Å²) < 4.78 is 0. The summed E-state index contributed by atoms with van der Waals surface area (Å²) in [5.74, 6) is 0. The topological polar surface area (TPSA) is 3.24 Å². The van der Waals surface area contributed by atoms with Gasteiger partial charge in [0.15, 0.2) is 0 Å². The monoisotopic (exact) mass is 767 g/mol. The normalized spacial score (nSPS) is 15.4. The summed E-state index contributed by atoms with van der Waals surface area (Å²) in [5, 5.41) is 2.57. The van der Waals surface area contributed by atoms with Gasteiger partial charge in [-0.2, -0.15) is 0 Å². The van der Waals surface area contributed by atoms with Crippen molar-refractivity contribution in [3.8, 4) is 33.4 Å². The van der Waals surface area contributed by atoms with Crippen LogP contribution in [0.25, 0.3) is 44.2 Å². The van der Waals surface area contributed by atoms with Gasteiger partial charge in [-0.25, -0.2) is 0 Å². The molecule has 9 aromatic rings. The highest BCUT2D eigenvalue weighted by atomic mass is 15.2. The average Bonchev–Trinajstić information content (AvgIpc) is 3.83. The predicted molar refractivity (Wildman–Crippen MR) is 251 cm³/mol. The van der Waals surface area contributed by atoms with E-state index in [2.05, 4.69) is 233 Å². The highest BCUT2D eigenvalue weighted by molar-refractivity contribution is 6.07. The second-order valence-corrected chi connectivity index (χ2v) is 18.0. The molecule has 0 radical (unpaired) electrons. The molecule has 0 bridgehead atoms. The number of rotatable bonds is 5. The van der Waals surface area contributed by atoms with Crippen LogP contribution >= 0.6 is 0 Å². The molecular weight excluding hydrogens is 723 g/mol. The summed E-state index contributed by atoms with van der Waals surface area (Å²) in [6, 6.07) is 75.4. The van der Waals surface area contributed by atoms with Crippen molar-refractivity contribution in [1.82, 2.24) is 0 Å². The van der Waals surface area contributed by atoms with E-state index in [1.54, 1.807) is 0 Å². The molecule has 0 spiro atoms. The van der Waals surface area contributed by atoms with Gasteiger partial charge in [-0.3, -0.25) is 0 Å². The molecule has 0 saturated heterocycles. The molecule has 3 aliphatic rings. The Kier molecular flexibility index (Phi) is 7.31. The minimum absolute atomic E-state index is 0.197. The molecular formula is C59H45N. The van der Waals surface area contributed by atoms with Gasteiger partial charge in [0.2, 0.25) is 0 Å². The Morgan fingerprint density at radius 2 is 0.850 bits per heavy atom. The van der Waals surface area contributed by atoms with E-state index in [1.807, 2.05) is 0 Å². The molecule has 0 aliphatic heterocycles. The second kappa shape index (κ2) is 12.5. The van der Waals surface area contributed by atoms with Crippen molar-refractivity contribution in [1.29, 1.82) is 0 Å². The van der Waals surface area contributed by atoms with Crippen LogP contribution in [0.15, 0.2) is 200 Å². The molecule has 0 unspecified atom stereocenters. The van der Waals surface area contributed by atoms with Crippen molar-refractivity contribution in [2.75, 3.05) is 4.90 Å². The lowest BCUT2D eigenvalue weighted by molar-refractivity contribution is 0.660. The van der Waals surface area contributed by atoms with E-state index in [9.17, 15) is 0 Å². The SMILES string of the molecule is CC1(C)c2ccccc2-c2cccc(N(c3cccc(C4(c5ccccc5)c5ccccc5-c5ccccc54)c3)c3cc4ccccc4c4c3-c3ccccc3C4(C)C)c21. The third-order valence-corrected chi connectivity index (χ3v) is 14.3. The fourth-order valence-corrected chi connectivity index (χ4v) is 11.8. The Morgan fingerprint density at radius 1 is 0.350 bits per heavy atom. The third kappa shape index (κ3) is 4.53. The van der Waals surface area contributed by atoms with Crippen LogP contribution < -0.4 is 4.90 Å². The molecule has 0 heterocycles. The smallest absolute Gasteiger partial charge is 0.0714 e. The number of nitrogens with zero attached hydrogens (tertiary/aromatic N) is 1. The van der Waals surface area contributed by atoms with Crippen LogP contribution in [0.1, 0.15) is 72.2 Å². The molecule has 60 heavy (non-hydrogen) atoms. The Hall–Kier alpha value is -6.96. The van der Waals surface area contributed by atoms with Crippen LogP contribution in [0.2, 0.25) is 0 Å². The van der Waals surface area contributed by atoms with Crippen molar-refractivity contribution in [2.45, 2.75) is 43.9 Å². The Morgan fingerprint density at radius 3 is 1.55 bits per heavy atom. The van der Waals surface area contributed by atoms with Crippen LogP contribution in [-0.2, 0) is 16.2 Å². The number of fused-ring (bicyclic) bond motifs is 11. The van der Waals surface area contributed by atoms with Gasteiger partial charge < -0.3 is 4.90 Å². The van der Waals surface area contributed by atoms with E-state index in [0.29, 0.717) is 0 Å². The molecule has 0 fully saturated rings. The summed E-state index contributed by atoms with van der Waals surface area (Å²) in [4.78, 5) is 2.63. The molecule has 0 atom stereocenters. The van der Waals surface area contributed by atoms with Gasteiger partial charge in [0, 0.05) is 22.1 Å². The van der Waals surface area contributed by atoms with E-state index in [4.69, 9.17) is 0 Å². The molecule has 0 aromatic heterocycles. The van der Waals surface area contributed by atoms with Crippen LogP contribution in [0, 0.1) is 0 Å². The van der Waals surface area contributed by atoms with E-state index in [1.165, 1.54) is 100 Å². The van der Waals surface area contributed by atoms with Gasteiger partial charge in [-0.1, -0.05) is 204 Å². The van der Waals surface area contributed by atoms with E-state index >= 15 is 0 Å². The van der Waals surface area contributed by atoms with E-state index in [0.717, 1.165) is 5.69 Å². The third-order valence-electron chi connectivity index (χ3n) is 14.3. The molecule has 0 N–H and O–H groups in total. The lowest BCUT2D eigenvalue weighted by Crippen LogP contribution is -2.29. The summed E-state index contributed by atoms with van der Waals surface area (Å²) in [7, 11) is 0. The van der Waals surface area contributed by atoms with Crippen molar-refractivity contribution in [3.05, 3.63) is 245 Å². The Balaban J connectivity index is 1.21. The average molecular weight is 768 g/mol. The fourth-order valence-electron chi connectivity index (χ4n) is 11.8. The first-order valence-corrected chi connectivity index (χ1v) is 21.4. The first kappa shape index (κ1) is 35.0. The number of hydrogen-bond acceptors (Lipinski definition) is 1. The minimum Gasteiger partial charge on any atom is -0.309 e.